The topological polar surface area (TPSA) is 214 Å². The maximum Gasteiger partial charge on any atom is 0.239 e. The van der Waals surface area contributed by atoms with Gasteiger partial charge < -0.3 is 21.1 Å². The number of aliphatic hydroxyl groups excluding tert-OH is 1. The molecule has 2 aromatic heterocycles. The summed E-state index contributed by atoms with van der Waals surface area (Å²) in [5.74, 6) is 0.285. The Morgan fingerprint density at radius 3 is 2.76 bits per heavy atom. The third-order valence-corrected chi connectivity index (χ3v) is 7.94. The van der Waals surface area contributed by atoms with Crippen LogP contribution >= 0.6 is 11.9 Å². The van der Waals surface area contributed by atoms with Gasteiger partial charge in [-0.3, -0.25) is 4.72 Å². The Labute approximate surface area is 198 Å². The first-order valence-corrected chi connectivity index (χ1v) is 12.6. The normalized spacial score (nSPS) is 18.6. The molecule has 34 heavy (non-hydrogen) atoms. The van der Waals surface area contributed by atoms with Gasteiger partial charge in [0.2, 0.25) is 15.8 Å². The Morgan fingerprint density at radius 2 is 2.09 bits per heavy atom. The lowest BCUT2D eigenvalue weighted by Crippen LogP contribution is -2.46. The number of nitrogens with zero attached hydrogens (tertiary/aromatic N) is 4. The SMILES string of the molecule is Nc1nc2c(-c3ccc(SN[C@]4(CO)CCNC4)c(S(N)(=O)=O)c3-c3nn[nH]n3)cccc2[nH]1. The lowest BCUT2D eigenvalue weighted by molar-refractivity contribution is 0.198. The van der Waals surface area contributed by atoms with E-state index >= 15 is 0 Å². The predicted molar refractivity (Wildman–Crippen MR) is 127 cm³/mol. The minimum absolute atomic E-state index is 0.0568. The van der Waals surface area contributed by atoms with Crippen molar-refractivity contribution in [3.63, 3.8) is 0 Å². The molecule has 0 bridgehead atoms. The summed E-state index contributed by atoms with van der Waals surface area (Å²) in [7, 11) is -4.25. The van der Waals surface area contributed by atoms with E-state index in [9.17, 15) is 13.5 Å². The monoisotopic (exact) mass is 502 g/mol. The number of primary sulfonamides is 1. The second-order valence-electron chi connectivity index (χ2n) is 7.99. The first-order valence-electron chi connectivity index (χ1n) is 10.3. The van der Waals surface area contributed by atoms with Crippen molar-refractivity contribution in [1.29, 1.82) is 0 Å². The van der Waals surface area contributed by atoms with Crippen molar-refractivity contribution in [2.24, 2.45) is 5.14 Å². The molecule has 0 aliphatic carbocycles. The predicted octanol–water partition coefficient (Wildman–Crippen LogP) is -0.0393. The number of nitrogens with two attached hydrogens (primary N) is 2. The summed E-state index contributed by atoms with van der Waals surface area (Å²) in [6.45, 7) is 1.16. The Balaban J connectivity index is 1.72. The number of anilines is 1. The molecule has 0 radical (unpaired) electrons. The number of fused-ring (bicyclic) bond motifs is 1. The van der Waals surface area contributed by atoms with Crippen LogP contribution in [0.3, 0.4) is 0 Å². The molecule has 1 fully saturated rings. The number of aromatic nitrogens is 6. The number of hydrogen-bond acceptors (Lipinski definition) is 11. The second-order valence-corrected chi connectivity index (χ2v) is 10.3. The average molecular weight is 503 g/mol. The van der Waals surface area contributed by atoms with Crippen molar-refractivity contribution < 1.29 is 13.5 Å². The molecule has 178 valence electrons. The van der Waals surface area contributed by atoms with E-state index in [-0.39, 0.29) is 28.8 Å². The van der Waals surface area contributed by atoms with E-state index in [4.69, 9.17) is 10.9 Å². The van der Waals surface area contributed by atoms with Crippen LogP contribution in [0.1, 0.15) is 6.42 Å². The van der Waals surface area contributed by atoms with Crippen molar-refractivity contribution in [2.75, 3.05) is 25.4 Å². The maximum atomic E-state index is 12.9. The fourth-order valence-corrected chi connectivity index (χ4v) is 6.27. The minimum atomic E-state index is -4.25. The number of nitrogen functional groups attached to an aromatic ring is 1. The van der Waals surface area contributed by atoms with Crippen LogP contribution < -0.4 is 20.9 Å². The minimum Gasteiger partial charge on any atom is -0.394 e. The molecule has 13 nitrogen and oxygen atoms in total. The summed E-state index contributed by atoms with van der Waals surface area (Å²) in [5, 5.41) is 32.9. The summed E-state index contributed by atoms with van der Waals surface area (Å²) >= 11 is 1.08. The molecule has 4 aromatic rings. The van der Waals surface area contributed by atoms with Crippen LogP contribution in [0.2, 0.25) is 0 Å². The van der Waals surface area contributed by atoms with Crippen molar-refractivity contribution >= 4 is 39.0 Å². The van der Waals surface area contributed by atoms with Crippen molar-refractivity contribution in [1.82, 2.24) is 40.6 Å². The van der Waals surface area contributed by atoms with Crippen LogP contribution in [0.4, 0.5) is 5.95 Å². The summed E-state index contributed by atoms with van der Waals surface area (Å²) in [6, 6.07) is 8.81. The van der Waals surface area contributed by atoms with Gasteiger partial charge in [-0.1, -0.05) is 18.2 Å². The third-order valence-electron chi connectivity index (χ3n) is 5.72. The van der Waals surface area contributed by atoms with Gasteiger partial charge in [-0.25, -0.2) is 18.5 Å². The van der Waals surface area contributed by atoms with Crippen molar-refractivity contribution in [3.8, 4) is 22.5 Å². The summed E-state index contributed by atoms with van der Waals surface area (Å²) < 4.78 is 29.1. The molecule has 15 heteroatoms. The number of benzene rings is 2. The summed E-state index contributed by atoms with van der Waals surface area (Å²) in [4.78, 5) is 7.50. The molecule has 1 aliphatic rings. The summed E-state index contributed by atoms with van der Waals surface area (Å²) in [6.07, 6.45) is 0.680. The van der Waals surface area contributed by atoms with E-state index in [1.807, 2.05) is 6.07 Å². The van der Waals surface area contributed by atoms with Gasteiger partial charge in [0, 0.05) is 17.0 Å². The van der Waals surface area contributed by atoms with E-state index < -0.39 is 15.6 Å². The number of para-hydroxylation sites is 1. The van der Waals surface area contributed by atoms with Crippen LogP contribution in [-0.2, 0) is 10.0 Å². The van der Waals surface area contributed by atoms with Gasteiger partial charge in [-0.2, -0.15) is 5.21 Å². The molecule has 0 spiro atoms. The average Bonchev–Trinajstić information content (AvgIpc) is 3.56. The fourth-order valence-electron chi connectivity index (χ4n) is 4.07. The van der Waals surface area contributed by atoms with Gasteiger partial charge in [0.1, 0.15) is 4.90 Å². The van der Waals surface area contributed by atoms with Crippen LogP contribution in [0.5, 0.6) is 0 Å². The molecular formula is C19H22N10O3S2. The number of imidazole rings is 1. The zero-order chi connectivity index (χ0) is 23.9. The van der Waals surface area contributed by atoms with Crippen LogP contribution in [0.25, 0.3) is 33.5 Å². The van der Waals surface area contributed by atoms with Gasteiger partial charge >= 0.3 is 0 Å². The van der Waals surface area contributed by atoms with Crippen LogP contribution in [-0.4, -0.2) is 69.4 Å². The largest absolute Gasteiger partial charge is 0.394 e. The lowest BCUT2D eigenvalue weighted by Gasteiger charge is -2.27. The number of nitrogens with one attached hydrogen (secondary N) is 4. The van der Waals surface area contributed by atoms with Gasteiger partial charge in [0.15, 0.2) is 5.95 Å². The van der Waals surface area contributed by atoms with Gasteiger partial charge in [0.25, 0.3) is 0 Å². The standard InChI is InChI=1S/C19H22N10O3S2/c20-18-23-12-3-1-2-11(15(12)24-18)10-4-5-13(33-27-19(9-30)6-7-22-8-19)16(34(21,31)32)14(10)17-25-28-29-26-17/h1-5,22,27,30H,6-9H2,(H3,20,23,24)(H2,21,31,32)(H,25,26,28,29)/t19-/m1/s1. The molecule has 1 aliphatic heterocycles. The summed E-state index contributed by atoms with van der Waals surface area (Å²) in [5.41, 5.74) is 7.80. The lowest BCUT2D eigenvalue weighted by atomic mass is 9.98. The molecule has 0 saturated carbocycles. The fraction of sp³-hybridized carbons (Fsp3) is 0.263. The highest BCUT2D eigenvalue weighted by Gasteiger charge is 2.34. The first-order chi connectivity index (χ1) is 16.3. The highest BCUT2D eigenvalue weighted by molar-refractivity contribution is 7.98. The van der Waals surface area contributed by atoms with E-state index in [1.165, 1.54) is 0 Å². The Hall–Kier alpha value is -3.08. The molecule has 1 saturated heterocycles. The molecule has 3 heterocycles. The van der Waals surface area contributed by atoms with Crippen LogP contribution in [0.15, 0.2) is 40.1 Å². The molecule has 9 N–H and O–H groups in total. The number of hydrogen-bond donors (Lipinski definition) is 7. The Morgan fingerprint density at radius 1 is 1.24 bits per heavy atom. The zero-order valence-corrected chi connectivity index (χ0v) is 19.4. The van der Waals surface area contributed by atoms with Gasteiger partial charge in [-0.05, 0) is 47.8 Å². The molecule has 1 atom stereocenters. The number of sulfonamides is 1. The first kappa shape index (κ1) is 22.7. The smallest absolute Gasteiger partial charge is 0.239 e. The number of H-pyrrole nitrogens is 2. The van der Waals surface area contributed by atoms with Gasteiger partial charge in [0.05, 0.1) is 28.7 Å². The van der Waals surface area contributed by atoms with E-state index in [0.29, 0.717) is 40.0 Å². The van der Waals surface area contributed by atoms with Crippen LogP contribution in [0, 0.1) is 0 Å². The highest BCUT2D eigenvalue weighted by atomic mass is 32.2. The third kappa shape index (κ3) is 4.02. The number of tetrazole rings is 1. The van der Waals surface area contributed by atoms with Crippen molar-refractivity contribution in [3.05, 3.63) is 30.3 Å². The molecular weight excluding hydrogens is 480 g/mol. The molecule has 2 aromatic carbocycles. The maximum absolute atomic E-state index is 12.9. The molecule has 0 amide bonds. The van der Waals surface area contributed by atoms with E-state index in [1.54, 1.807) is 24.3 Å². The Bertz CT molecular complexity index is 1450. The number of rotatable bonds is 7. The Kier molecular flexibility index (Phi) is 5.75. The highest BCUT2D eigenvalue weighted by Crippen LogP contribution is 2.42. The quantitative estimate of drug-likeness (QED) is 0.166. The zero-order valence-electron chi connectivity index (χ0n) is 17.7. The van der Waals surface area contributed by atoms with Gasteiger partial charge in [-0.15, -0.1) is 10.2 Å². The van der Waals surface area contributed by atoms with Crippen molar-refractivity contribution in [2.45, 2.75) is 21.8 Å². The molecule has 0 unspecified atom stereocenters. The van der Waals surface area contributed by atoms with E-state index in [2.05, 4.69) is 40.6 Å². The van der Waals surface area contributed by atoms with E-state index in [0.717, 1.165) is 18.5 Å². The molecule has 5 rings (SSSR count). The number of aromatic amines is 2. The second kappa shape index (κ2) is 8.61. The number of aliphatic hydroxyl groups is 1.